The Morgan fingerprint density at radius 2 is 2.24 bits per heavy atom. The Kier molecular flexibility index (Phi) is 4.22. The molecule has 0 saturated heterocycles. The highest BCUT2D eigenvalue weighted by atomic mass is 32.2. The first-order chi connectivity index (χ1) is 8.15. The Balaban J connectivity index is 1.82. The number of nitrogen functional groups attached to an aromatic ring is 1. The van der Waals surface area contributed by atoms with E-state index < -0.39 is 0 Å². The van der Waals surface area contributed by atoms with Crippen LogP contribution in [0.25, 0.3) is 0 Å². The van der Waals surface area contributed by atoms with Crippen LogP contribution in [0, 0.1) is 0 Å². The number of hydrogen-bond donors (Lipinski definition) is 2. The van der Waals surface area contributed by atoms with E-state index in [4.69, 9.17) is 5.73 Å². The van der Waals surface area contributed by atoms with Gasteiger partial charge in [0.15, 0.2) is 4.34 Å². The molecule has 1 atom stereocenters. The van der Waals surface area contributed by atoms with Crippen LogP contribution >= 0.6 is 23.1 Å². The zero-order valence-electron chi connectivity index (χ0n) is 9.68. The van der Waals surface area contributed by atoms with Crippen LogP contribution in [0.15, 0.2) is 4.34 Å². The molecule has 5 nitrogen and oxygen atoms in total. The third kappa shape index (κ3) is 3.57. The van der Waals surface area contributed by atoms with Gasteiger partial charge >= 0.3 is 0 Å². The Morgan fingerprint density at radius 3 is 2.82 bits per heavy atom. The molecule has 1 aromatic rings. The monoisotopic (exact) mass is 272 g/mol. The molecular formula is C10H16N4OS2. The van der Waals surface area contributed by atoms with Crippen molar-refractivity contribution in [2.75, 3.05) is 5.73 Å². The molecule has 1 aromatic heterocycles. The van der Waals surface area contributed by atoms with Crippen LogP contribution in [0.1, 0.15) is 32.6 Å². The minimum atomic E-state index is -0.150. The van der Waals surface area contributed by atoms with Gasteiger partial charge in [0.1, 0.15) is 0 Å². The van der Waals surface area contributed by atoms with Crippen LogP contribution in [-0.4, -0.2) is 27.4 Å². The fourth-order valence-corrected chi connectivity index (χ4v) is 3.65. The summed E-state index contributed by atoms with van der Waals surface area (Å²) in [4.78, 5) is 11.9. The van der Waals surface area contributed by atoms with Crippen molar-refractivity contribution in [2.24, 2.45) is 0 Å². The minimum absolute atomic E-state index is 0.0793. The molecule has 1 heterocycles. The number of aromatic nitrogens is 2. The van der Waals surface area contributed by atoms with E-state index in [1.807, 2.05) is 6.92 Å². The van der Waals surface area contributed by atoms with Crippen molar-refractivity contribution >= 4 is 34.1 Å². The van der Waals surface area contributed by atoms with Crippen LogP contribution < -0.4 is 11.1 Å². The highest BCUT2D eigenvalue weighted by Gasteiger charge is 2.22. The van der Waals surface area contributed by atoms with Gasteiger partial charge in [-0.2, -0.15) is 0 Å². The van der Waals surface area contributed by atoms with Gasteiger partial charge in [-0.3, -0.25) is 4.79 Å². The number of nitrogens with one attached hydrogen (secondary N) is 1. The molecule has 94 valence electrons. The third-order valence-corrected chi connectivity index (χ3v) is 4.71. The lowest BCUT2D eigenvalue weighted by molar-refractivity contribution is -0.120. The van der Waals surface area contributed by atoms with Crippen molar-refractivity contribution in [3.05, 3.63) is 0 Å². The molecule has 0 aromatic carbocycles. The Morgan fingerprint density at radius 1 is 1.53 bits per heavy atom. The van der Waals surface area contributed by atoms with Crippen molar-refractivity contribution in [2.45, 2.75) is 48.2 Å². The summed E-state index contributed by atoms with van der Waals surface area (Å²) < 4.78 is 0.747. The summed E-state index contributed by atoms with van der Waals surface area (Å²) in [6.07, 6.45) is 4.66. The van der Waals surface area contributed by atoms with E-state index in [2.05, 4.69) is 15.5 Å². The lowest BCUT2D eigenvalue weighted by atomic mass is 10.2. The molecule has 1 aliphatic carbocycles. The number of anilines is 1. The molecule has 0 spiro atoms. The molecule has 0 bridgehead atoms. The van der Waals surface area contributed by atoms with Gasteiger partial charge in [-0.05, 0) is 19.8 Å². The Bertz CT molecular complexity index is 389. The smallest absolute Gasteiger partial charge is 0.233 e. The zero-order valence-corrected chi connectivity index (χ0v) is 11.3. The van der Waals surface area contributed by atoms with Gasteiger partial charge in [0.05, 0.1) is 5.25 Å². The number of carbonyl (C=O) groups is 1. The molecule has 0 radical (unpaired) electrons. The molecule has 3 N–H and O–H groups in total. The first-order valence-electron chi connectivity index (χ1n) is 5.71. The number of hydrogen-bond acceptors (Lipinski definition) is 6. The van der Waals surface area contributed by atoms with Crippen molar-refractivity contribution in [1.29, 1.82) is 0 Å². The van der Waals surface area contributed by atoms with Gasteiger partial charge < -0.3 is 11.1 Å². The van der Waals surface area contributed by atoms with Crippen LogP contribution in [0.5, 0.6) is 0 Å². The number of nitrogens with zero attached hydrogens (tertiary/aromatic N) is 2. The Hall–Kier alpha value is -0.820. The fraction of sp³-hybridized carbons (Fsp3) is 0.700. The van der Waals surface area contributed by atoms with Crippen LogP contribution in [0.3, 0.4) is 0 Å². The highest BCUT2D eigenvalue weighted by molar-refractivity contribution is 8.02. The number of nitrogens with two attached hydrogens (primary N) is 1. The Labute approximate surface area is 109 Å². The van der Waals surface area contributed by atoms with Gasteiger partial charge in [-0.1, -0.05) is 35.9 Å². The number of carbonyl (C=O) groups excluding carboxylic acids is 1. The summed E-state index contributed by atoms with van der Waals surface area (Å²) in [6.45, 7) is 1.88. The van der Waals surface area contributed by atoms with Crippen LogP contribution in [-0.2, 0) is 4.79 Å². The first-order valence-corrected chi connectivity index (χ1v) is 7.41. The van der Waals surface area contributed by atoms with Gasteiger partial charge in [-0.15, -0.1) is 10.2 Å². The highest BCUT2D eigenvalue weighted by Crippen LogP contribution is 2.28. The minimum Gasteiger partial charge on any atom is -0.374 e. The second-order valence-corrected chi connectivity index (χ2v) is 6.75. The van der Waals surface area contributed by atoms with Gasteiger partial charge in [-0.25, -0.2) is 0 Å². The second-order valence-electron chi connectivity index (χ2n) is 4.16. The molecule has 17 heavy (non-hydrogen) atoms. The predicted octanol–water partition coefficient (Wildman–Crippen LogP) is 1.66. The maximum atomic E-state index is 11.9. The molecule has 1 fully saturated rings. The summed E-state index contributed by atoms with van der Waals surface area (Å²) in [5, 5.41) is 11.0. The van der Waals surface area contributed by atoms with Crippen molar-refractivity contribution in [3.8, 4) is 0 Å². The van der Waals surface area contributed by atoms with Gasteiger partial charge in [0.2, 0.25) is 11.0 Å². The molecular weight excluding hydrogens is 256 g/mol. The van der Waals surface area contributed by atoms with Gasteiger partial charge in [0, 0.05) is 6.04 Å². The summed E-state index contributed by atoms with van der Waals surface area (Å²) in [7, 11) is 0. The van der Waals surface area contributed by atoms with Crippen molar-refractivity contribution in [1.82, 2.24) is 15.5 Å². The van der Waals surface area contributed by atoms with E-state index in [1.165, 1.54) is 35.9 Å². The van der Waals surface area contributed by atoms with Gasteiger partial charge in [0.25, 0.3) is 0 Å². The SMILES string of the molecule is CC(Sc1nnc(N)s1)C(=O)NC1CCCC1. The molecule has 1 saturated carbocycles. The molecule has 1 aliphatic rings. The molecule has 1 unspecified atom stereocenters. The van der Waals surface area contributed by atoms with Crippen LogP contribution in [0.2, 0.25) is 0 Å². The average molecular weight is 272 g/mol. The maximum absolute atomic E-state index is 11.9. The maximum Gasteiger partial charge on any atom is 0.233 e. The standard InChI is InChI=1S/C10H16N4OS2/c1-6(16-10-14-13-9(11)17-10)8(15)12-7-4-2-3-5-7/h6-7H,2-5H2,1H3,(H2,11,13)(H,12,15). The molecule has 1 amide bonds. The van der Waals surface area contributed by atoms with Crippen molar-refractivity contribution in [3.63, 3.8) is 0 Å². The lowest BCUT2D eigenvalue weighted by Gasteiger charge is -2.15. The third-order valence-electron chi connectivity index (χ3n) is 2.77. The summed E-state index contributed by atoms with van der Waals surface area (Å²) in [5.41, 5.74) is 5.49. The van der Waals surface area contributed by atoms with E-state index in [0.717, 1.165) is 17.2 Å². The average Bonchev–Trinajstić information content (AvgIpc) is 2.90. The van der Waals surface area contributed by atoms with E-state index in [9.17, 15) is 4.79 Å². The van der Waals surface area contributed by atoms with E-state index >= 15 is 0 Å². The summed E-state index contributed by atoms with van der Waals surface area (Å²) in [6, 6.07) is 0.366. The van der Waals surface area contributed by atoms with Crippen LogP contribution in [0.4, 0.5) is 5.13 Å². The number of rotatable bonds is 4. The molecule has 7 heteroatoms. The zero-order chi connectivity index (χ0) is 12.3. The topological polar surface area (TPSA) is 80.9 Å². The molecule has 0 aliphatic heterocycles. The second kappa shape index (κ2) is 5.68. The van der Waals surface area contributed by atoms with E-state index in [-0.39, 0.29) is 11.2 Å². The van der Waals surface area contributed by atoms with Crippen molar-refractivity contribution < 1.29 is 4.79 Å². The first kappa shape index (κ1) is 12.6. The predicted molar refractivity (Wildman–Crippen MR) is 70.0 cm³/mol. The van der Waals surface area contributed by atoms with E-state index in [0.29, 0.717) is 11.2 Å². The quantitative estimate of drug-likeness (QED) is 0.815. The number of thioether (sulfide) groups is 1. The normalized spacial score (nSPS) is 18.2. The van der Waals surface area contributed by atoms with E-state index in [1.54, 1.807) is 0 Å². The lowest BCUT2D eigenvalue weighted by Crippen LogP contribution is -2.37. The largest absolute Gasteiger partial charge is 0.374 e. The summed E-state index contributed by atoms with van der Waals surface area (Å²) in [5.74, 6) is 0.0793. The molecule has 2 rings (SSSR count). The number of amides is 1. The summed E-state index contributed by atoms with van der Waals surface area (Å²) >= 11 is 2.72. The fourth-order valence-electron chi connectivity index (χ4n) is 1.86.